The maximum atomic E-state index is 10.7. The number of rotatable bonds is 8. The minimum atomic E-state index is -0.0600. The lowest BCUT2D eigenvalue weighted by Crippen LogP contribution is -2.30. The van der Waals surface area contributed by atoms with Gasteiger partial charge in [-0.05, 0) is 26.4 Å². The zero-order valence-electron chi connectivity index (χ0n) is 8.44. The molecule has 0 heterocycles. The predicted octanol–water partition coefficient (Wildman–Crippen LogP) is -0.159. The summed E-state index contributed by atoms with van der Waals surface area (Å²) in [6.45, 7) is 1.94. The Kier molecular flexibility index (Phi) is 9.03. The molecule has 0 aliphatic carbocycles. The third-order valence-electron chi connectivity index (χ3n) is 1.86. The fraction of sp³-hybridized carbons (Fsp3) is 0.889. The first-order chi connectivity index (χ1) is 6.31. The first kappa shape index (κ1) is 12.4. The van der Waals surface area contributed by atoms with E-state index in [4.69, 9.17) is 5.73 Å². The molecule has 0 atom stereocenters. The zero-order valence-corrected chi connectivity index (χ0v) is 8.44. The first-order valence-electron chi connectivity index (χ1n) is 4.92. The van der Waals surface area contributed by atoms with Crippen LogP contribution < -0.4 is 16.4 Å². The van der Waals surface area contributed by atoms with Crippen molar-refractivity contribution >= 4 is 5.91 Å². The third kappa shape index (κ3) is 9.30. The van der Waals surface area contributed by atoms with Crippen molar-refractivity contribution in [1.82, 2.24) is 10.6 Å². The SMILES string of the molecule is CNCCCCCCNC(=O)CN. The Morgan fingerprint density at radius 2 is 1.77 bits per heavy atom. The quantitative estimate of drug-likeness (QED) is 0.463. The molecule has 0 aromatic rings. The van der Waals surface area contributed by atoms with Crippen LogP contribution in [-0.2, 0) is 4.79 Å². The van der Waals surface area contributed by atoms with Crippen molar-refractivity contribution in [1.29, 1.82) is 0 Å². The molecule has 0 saturated carbocycles. The summed E-state index contributed by atoms with van der Waals surface area (Å²) in [6.07, 6.45) is 4.66. The Bertz CT molecular complexity index is 128. The van der Waals surface area contributed by atoms with Gasteiger partial charge in [-0.2, -0.15) is 0 Å². The van der Waals surface area contributed by atoms with Crippen molar-refractivity contribution in [3.63, 3.8) is 0 Å². The molecule has 0 aromatic heterocycles. The number of unbranched alkanes of at least 4 members (excludes halogenated alkanes) is 3. The van der Waals surface area contributed by atoms with E-state index in [0.717, 1.165) is 19.5 Å². The smallest absolute Gasteiger partial charge is 0.233 e. The molecule has 4 heteroatoms. The number of nitrogens with one attached hydrogen (secondary N) is 2. The van der Waals surface area contributed by atoms with Crippen molar-refractivity contribution in [3.05, 3.63) is 0 Å². The van der Waals surface area contributed by atoms with Crippen LogP contribution in [-0.4, -0.2) is 32.6 Å². The monoisotopic (exact) mass is 187 g/mol. The molecule has 0 saturated heterocycles. The average Bonchev–Trinajstić information content (AvgIpc) is 2.16. The highest BCUT2D eigenvalue weighted by Gasteiger charge is 1.94. The highest BCUT2D eigenvalue weighted by molar-refractivity contribution is 5.77. The van der Waals surface area contributed by atoms with Crippen LogP contribution in [0.3, 0.4) is 0 Å². The molecular weight excluding hydrogens is 166 g/mol. The maximum absolute atomic E-state index is 10.7. The molecule has 4 N–H and O–H groups in total. The Morgan fingerprint density at radius 1 is 1.15 bits per heavy atom. The van der Waals surface area contributed by atoms with E-state index < -0.39 is 0 Å². The maximum Gasteiger partial charge on any atom is 0.233 e. The van der Waals surface area contributed by atoms with E-state index in [-0.39, 0.29) is 12.5 Å². The van der Waals surface area contributed by atoms with E-state index in [0.29, 0.717) is 0 Å². The second kappa shape index (κ2) is 9.48. The molecule has 0 radical (unpaired) electrons. The second-order valence-electron chi connectivity index (χ2n) is 3.07. The van der Waals surface area contributed by atoms with Crippen LogP contribution in [0.2, 0.25) is 0 Å². The highest BCUT2D eigenvalue weighted by Crippen LogP contribution is 1.97. The van der Waals surface area contributed by atoms with Crippen LogP contribution in [0.1, 0.15) is 25.7 Å². The van der Waals surface area contributed by atoms with Crippen molar-refractivity contribution in [2.75, 3.05) is 26.7 Å². The minimum Gasteiger partial charge on any atom is -0.355 e. The lowest BCUT2D eigenvalue weighted by atomic mass is 10.2. The van der Waals surface area contributed by atoms with Crippen molar-refractivity contribution in [3.8, 4) is 0 Å². The summed E-state index contributed by atoms with van der Waals surface area (Å²) < 4.78 is 0. The molecule has 0 rings (SSSR count). The minimum absolute atomic E-state index is 0.0600. The first-order valence-corrected chi connectivity index (χ1v) is 4.92. The highest BCUT2D eigenvalue weighted by atomic mass is 16.1. The van der Waals surface area contributed by atoms with Crippen LogP contribution in [0.25, 0.3) is 0 Å². The molecule has 0 fully saturated rings. The van der Waals surface area contributed by atoms with E-state index in [1.807, 2.05) is 7.05 Å². The Hall–Kier alpha value is -0.610. The van der Waals surface area contributed by atoms with Crippen LogP contribution in [0.4, 0.5) is 0 Å². The number of carbonyl (C=O) groups is 1. The van der Waals surface area contributed by atoms with Gasteiger partial charge in [-0.3, -0.25) is 4.79 Å². The van der Waals surface area contributed by atoms with E-state index >= 15 is 0 Å². The molecular formula is C9H21N3O. The number of nitrogens with two attached hydrogens (primary N) is 1. The molecule has 1 amide bonds. The molecule has 0 bridgehead atoms. The molecule has 78 valence electrons. The average molecular weight is 187 g/mol. The zero-order chi connectivity index (χ0) is 9.94. The van der Waals surface area contributed by atoms with Gasteiger partial charge in [0.25, 0.3) is 0 Å². The topological polar surface area (TPSA) is 67.1 Å². The van der Waals surface area contributed by atoms with Gasteiger partial charge >= 0.3 is 0 Å². The summed E-state index contributed by atoms with van der Waals surface area (Å²) >= 11 is 0. The number of carbonyl (C=O) groups excluding carboxylic acids is 1. The second-order valence-corrected chi connectivity index (χ2v) is 3.07. The summed E-state index contributed by atoms with van der Waals surface area (Å²) in [5, 5.41) is 5.84. The fourth-order valence-electron chi connectivity index (χ4n) is 1.08. The van der Waals surface area contributed by atoms with Gasteiger partial charge < -0.3 is 16.4 Å². The van der Waals surface area contributed by atoms with Gasteiger partial charge in [0.15, 0.2) is 0 Å². The summed E-state index contributed by atoms with van der Waals surface area (Å²) in [5.74, 6) is -0.0600. The van der Waals surface area contributed by atoms with Crippen molar-refractivity contribution < 1.29 is 4.79 Å². The summed E-state index contributed by atoms with van der Waals surface area (Å²) in [5.41, 5.74) is 5.13. The van der Waals surface area contributed by atoms with E-state index in [2.05, 4.69) is 10.6 Å². The van der Waals surface area contributed by atoms with Crippen molar-refractivity contribution in [2.45, 2.75) is 25.7 Å². The lowest BCUT2D eigenvalue weighted by Gasteiger charge is -2.03. The summed E-state index contributed by atoms with van der Waals surface area (Å²) in [7, 11) is 1.96. The van der Waals surface area contributed by atoms with Crippen molar-refractivity contribution in [2.24, 2.45) is 5.73 Å². The predicted molar refractivity (Wildman–Crippen MR) is 54.5 cm³/mol. The third-order valence-corrected chi connectivity index (χ3v) is 1.86. The van der Waals surface area contributed by atoms with Crippen LogP contribution >= 0.6 is 0 Å². The van der Waals surface area contributed by atoms with Crippen LogP contribution in [0, 0.1) is 0 Å². The van der Waals surface area contributed by atoms with Gasteiger partial charge in [-0.25, -0.2) is 0 Å². The van der Waals surface area contributed by atoms with Crippen LogP contribution in [0.15, 0.2) is 0 Å². The number of amides is 1. The molecule has 0 aromatic carbocycles. The number of hydrogen-bond acceptors (Lipinski definition) is 3. The Morgan fingerprint density at radius 3 is 2.31 bits per heavy atom. The summed E-state index contributed by atoms with van der Waals surface area (Å²) in [6, 6.07) is 0. The van der Waals surface area contributed by atoms with Gasteiger partial charge in [0.2, 0.25) is 5.91 Å². The largest absolute Gasteiger partial charge is 0.355 e. The molecule has 0 unspecified atom stereocenters. The molecule has 0 spiro atoms. The number of hydrogen-bond donors (Lipinski definition) is 3. The fourth-order valence-corrected chi connectivity index (χ4v) is 1.08. The molecule has 0 aliphatic heterocycles. The molecule has 0 aliphatic rings. The summed E-state index contributed by atoms with van der Waals surface area (Å²) in [4.78, 5) is 10.7. The Labute approximate surface area is 80.3 Å². The molecule has 4 nitrogen and oxygen atoms in total. The Balaban J connectivity index is 2.95. The standard InChI is InChI=1S/C9H21N3O/c1-11-6-4-2-3-5-7-12-9(13)8-10/h11H,2-8,10H2,1H3,(H,12,13). The van der Waals surface area contributed by atoms with Crippen LogP contribution in [0.5, 0.6) is 0 Å². The van der Waals surface area contributed by atoms with E-state index in [9.17, 15) is 4.79 Å². The lowest BCUT2D eigenvalue weighted by molar-refractivity contribution is -0.119. The van der Waals surface area contributed by atoms with E-state index in [1.165, 1.54) is 19.3 Å². The molecule has 13 heavy (non-hydrogen) atoms. The van der Waals surface area contributed by atoms with Gasteiger partial charge in [0, 0.05) is 6.54 Å². The van der Waals surface area contributed by atoms with Gasteiger partial charge in [0.1, 0.15) is 0 Å². The van der Waals surface area contributed by atoms with E-state index in [1.54, 1.807) is 0 Å². The van der Waals surface area contributed by atoms with Gasteiger partial charge in [0.05, 0.1) is 6.54 Å². The normalized spacial score (nSPS) is 10.0. The van der Waals surface area contributed by atoms with Gasteiger partial charge in [-0.1, -0.05) is 12.8 Å². The van der Waals surface area contributed by atoms with Gasteiger partial charge in [-0.15, -0.1) is 0 Å².